The monoisotopic (exact) mass is 372 g/mol. The second-order valence-corrected chi connectivity index (χ2v) is 7.92. The Balaban J connectivity index is 1.36. The van der Waals surface area contributed by atoms with Gasteiger partial charge in [-0.2, -0.15) is 0 Å². The summed E-state index contributed by atoms with van der Waals surface area (Å²) in [7, 11) is 0. The van der Waals surface area contributed by atoms with Crippen molar-refractivity contribution in [2.45, 2.75) is 44.4 Å². The van der Waals surface area contributed by atoms with Crippen LogP contribution in [0, 0.1) is 17.7 Å². The largest absolute Gasteiger partial charge is 0.481 e. The van der Waals surface area contributed by atoms with Gasteiger partial charge in [0.05, 0.1) is 5.92 Å². The van der Waals surface area contributed by atoms with Crippen molar-refractivity contribution >= 4 is 22.8 Å². The minimum atomic E-state index is -0.736. The smallest absolute Gasteiger partial charge is 0.306 e. The van der Waals surface area contributed by atoms with Gasteiger partial charge in [0.1, 0.15) is 5.82 Å². The van der Waals surface area contributed by atoms with Crippen LogP contribution in [0.4, 0.5) is 4.39 Å². The Morgan fingerprint density at radius 2 is 1.70 bits per heavy atom. The maximum Gasteiger partial charge on any atom is 0.306 e. The molecule has 1 aromatic carbocycles. The molecule has 0 radical (unpaired) electrons. The lowest BCUT2D eigenvalue weighted by atomic mass is 9.81. The van der Waals surface area contributed by atoms with Crippen molar-refractivity contribution < 1.29 is 19.1 Å². The summed E-state index contributed by atoms with van der Waals surface area (Å²) in [4.78, 5) is 29.0. The highest BCUT2D eigenvalue weighted by atomic mass is 19.1. The molecule has 2 aromatic rings. The van der Waals surface area contributed by atoms with E-state index in [4.69, 9.17) is 5.11 Å². The summed E-state index contributed by atoms with van der Waals surface area (Å²) in [6.45, 7) is 1.46. The van der Waals surface area contributed by atoms with Gasteiger partial charge in [0, 0.05) is 36.1 Å². The molecule has 0 atom stereocenters. The van der Waals surface area contributed by atoms with Crippen LogP contribution in [0.3, 0.4) is 0 Å². The average Bonchev–Trinajstić information content (AvgIpc) is 3.10. The Kier molecular flexibility index (Phi) is 4.89. The molecule has 144 valence electrons. The third-order valence-electron chi connectivity index (χ3n) is 6.35. The Bertz CT molecular complexity index is 846. The fraction of sp³-hybridized carbons (Fsp3) is 0.524. The van der Waals surface area contributed by atoms with Gasteiger partial charge in [0.25, 0.3) is 0 Å². The van der Waals surface area contributed by atoms with Crippen molar-refractivity contribution in [3.05, 3.63) is 35.8 Å². The van der Waals surface area contributed by atoms with Gasteiger partial charge in [-0.25, -0.2) is 4.39 Å². The van der Waals surface area contributed by atoms with E-state index in [1.54, 1.807) is 0 Å². The first kappa shape index (κ1) is 18.0. The number of hydrogen-bond acceptors (Lipinski definition) is 2. The van der Waals surface area contributed by atoms with Crippen LogP contribution in [0.25, 0.3) is 10.9 Å². The second-order valence-electron chi connectivity index (χ2n) is 7.92. The molecule has 6 heteroatoms. The lowest BCUT2D eigenvalue weighted by Gasteiger charge is -2.36. The van der Waals surface area contributed by atoms with Gasteiger partial charge in [-0.05, 0) is 68.2 Å². The van der Waals surface area contributed by atoms with Gasteiger partial charge in [-0.1, -0.05) is 0 Å². The number of halogens is 1. The molecule has 2 heterocycles. The lowest BCUT2D eigenvalue weighted by molar-refractivity contribution is -0.146. The predicted molar refractivity (Wildman–Crippen MR) is 99.9 cm³/mol. The highest BCUT2D eigenvalue weighted by molar-refractivity contribution is 5.84. The predicted octanol–water partition coefficient (Wildman–Crippen LogP) is 3.90. The van der Waals surface area contributed by atoms with E-state index in [2.05, 4.69) is 4.98 Å². The average molecular weight is 372 g/mol. The number of benzene rings is 1. The van der Waals surface area contributed by atoms with E-state index < -0.39 is 5.97 Å². The van der Waals surface area contributed by atoms with Gasteiger partial charge in [-0.15, -0.1) is 0 Å². The number of hydrogen-bond donors (Lipinski definition) is 2. The van der Waals surface area contributed by atoms with Crippen molar-refractivity contribution in [1.29, 1.82) is 0 Å². The Morgan fingerprint density at radius 1 is 1.04 bits per heavy atom. The number of aliphatic carboxylic acids is 1. The van der Waals surface area contributed by atoms with Crippen molar-refractivity contribution in [3.8, 4) is 0 Å². The van der Waals surface area contributed by atoms with Crippen molar-refractivity contribution in [2.75, 3.05) is 13.1 Å². The van der Waals surface area contributed by atoms with Crippen LogP contribution >= 0.6 is 0 Å². The molecular weight excluding hydrogens is 347 g/mol. The highest BCUT2D eigenvalue weighted by Crippen LogP contribution is 2.35. The van der Waals surface area contributed by atoms with Crippen LogP contribution in [-0.2, 0) is 9.59 Å². The first-order valence-corrected chi connectivity index (χ1v) is 9.81. The maximum absolute atomic E-state index is 13.4. The fourth-order valence-electron chi connectivity index (χ4n) is 4.72. The van der Waals surface area contributed by atoms with Crippen molar-refractivity contribution in [3.63, 3.8) is 0 Å². The van der Waals surface area contributed by atoms with E-state index >= 15 is 0 Å². The number of nitrogens with one attached hydrogen (secondary N) is 1. The number of amides is 1. The summed E-state index contributed by atoms with van der Waals surface area (Å²) in [6.07, 6.45) is 6.36. The molecule has 0 spiro atoms. The molecular formula is C21H25FN2O3. The molecule has 1 aliphatic heterocycles. The molecule has 0 bridgehead atoms. The Hall–Kier alpha value is -2.37. The molecule has 1 aromatic heterocycles. The van der Waals surface area contributed by atoms with Gasteiger partial charge in [0.2, 0.25) is 5.91 Å². The molecule has 0 unspecified atom stereocenters. The minimum Gasteiger partial charge on any atom is -0.481 e. The number of likely N-dealkylation sites (tertiary alicyclic amines) is 1. The van der Waals surface area contributed by atoms with Crippen molar-refractivity contribution in [1.82, 2.24) is 9.88 Å². The zero-order valence-corrected chi connectivity index (χ0v) is 15.3. The standard InChI is InChI=1S/C21H25FN2O3/c22-16-5-6-17-18(12-23-19(17)11-16)13-7-9-24(10-8-13)20(25)14-1-3-15(4-2-14)21(26)27/h5-6,11-15,23H,1-4,7-10H2,(H,26,27). The van der Waals surface area contributed by atoms with E-state index in [0.29, 0.717) is 31.6 Å². The maximum atomic E-state index is 13.4. The van der Waals surface area contributed by atoms with Gasteiger partial charge < -0.3 is 15.0 Å². The first-order valence-electron chi connectivity index (χ1n) is 9.81. The van der Waals surface area contributed by atoms with E-state index in [-0.39, 0.29) is 23.6 Å². The molecule has 27 heavy (non-hydrogen) atoms. The van der Waals surface area contributed by atoms with Gasteiger partial charge in [0.15, 0.2) is 0 Å². The molecule has 1 saturated heterocycles. The molecule has 2 aliphatic rings. The first-order chi connectivity index (χ1) is 13.0. The number of aromatic amines is 1. The Morgan fingerprint density at radius 3 is 2.37 bits per heavy atom. The number of carbonyl (C=O) groups excluding carboxylic acids is 1. The fourth-order valence-corrected chi connectivity index (χ4v) is 4.72. The molecule has 1 amide bonds. The van der Waals surface area contributed by atoms with Crippen LogP contribution in [0.15, 0.2) is 24.4 Å². The SMILES string of the molecule is O=C(O)C1CCC(C(=O)N2CCC(c3c[nH]c4cc(F)ccc34)CC2)CC1. The molecule has 5 nitrogen and oxygen atoms in total. The summed E-state index contributed by atoms with van der Waals surface area (Å²) < 4.78 is 13.4. The number of piperidine rings is 1. The van der Waals surface area contributed by atoms with Gasteiger partial charge >= 0.3 is 5.97 Å². The van der Waals surface area contributed by atoms with Crippen LogP contribution in [0.5, 0.6) is 0 Å². The van der Waals surface area contributed by atoms with Crippen LogP contribution in [0.1, 0.15) is 50.0 Å². The summed E-state index contributed by atoms with van der Waals surface area (Å²) in [5, 5.41) is 10.2. The molecule has 1 saturated carbocycles. The second kappa shape index (κ2) is 7.33. The number of aromatic nitrogens is 1. The molecule has 1 aliphatic carbocycles. The highest BCUT2D eigenvalue weighted by Gasteiger charge is 2.33. The van der Waals surface area contributed by atoms with Crippen molar-refractivity contribution in [2.24, 2.45) is 11.8 Å². The number of carbonyl (C=O) groups is 2. The summed E-state index contributed by atoms with van der Waals surface area (Å²) >= 11 is 0. The van der Waals surface area contributed by atoms with E-state index in [0.717, 1.165) is 36.8 Å². The molecule has 2 fully saturated rings. The summed E-state index contributed by atoms with van der Waals surface area (Å²) in [5.74, 6) is -0.719. The number of fused-ring (bicyclic) bond motifs is 1. The molecule has 2 N–H and O–H groups in total. The number of carboxylic acids is 1. The number of carboxylic acid groups (broad SMARTS) is 1. The van der Waals surface area contributed by atoms with E-state index in [1.165, 1.54) is 17.7 Å². The third-order valence-corrected chi connectivity index (χ3v) is 6.35. The summed E-state index contributed by atoms with van der Waals surface area (Å²) in [6, 6.07) is 4.84. The van der Waals surface area contributed by atoms with Gasteiger partial charge in [-0.3, -0.25) is 9.59 Å². The number of rotatable bonds is 3. The zero-order valence-electron chi connectivity index (χ0n) is 15.3. The lowest BCUT2D eigenvalue weighted by Crippen LogP contribution is -2.42. The number of nitrogens with zero attached hydrogens (tertiary/aromatic N) is 1. The minimum absolute atomic E-state index is 0.0202. The zero-order chi connectivity index (χ0) is 19.0. The quantitative estimate of drug-likeness (QED) is 0.858. The number of H-pyrrole nitrogens is 1. The van der Waals surface area contributed by atoms with Crippen LogP contribution in [-0.4, -0.2) is 40.0 Å². The third kappa shape index (κ3) is 3.57. The van der Waals surface area contributed by atoms with E-state index in [1.807, 2.05) is 17.2 Å². The molecule has 4 rings (SSSR count). The van der Waals surface area contributed by atoms with Crippen LogP contribution < -0.4 is 0 Å². The summed E-state index contributed by atoms with van der Waals surface area (Å²) in [5.41, 5.74) is 2.03. The van der Waals surface area contributed by atoms with Crippen LogP contribution in [0.2, 0.25) is 0 Å². The van der Waals surface area contributed by atoms with E-state index in [9.17, 15) is 14.0 Å². The topological polar surface area (TPSA) is 73.4 Å². The normalized spacial score (nSPS) is 24.3. The Labute approximate surface area is 157 Å².